The molecule has 0 spiro atoms. The topological polar surface area (TPSA) is 77.3 Å². The van der Waals surface area contributed by atoms with Crippen LogP contribution in [0.4, 0.5) is 5.69 Å². The Kier molecular flexibility index (Phi) is 6.07. The predicted octanol–water partition coefficient (Wildman–Crippen LogP) is 4.49. The van der Waals surface area contributed by atoms with Gasteiger partial charge in [0, 0.05) is 27.4 Å². The molecule has 0 amide bonds. The van der Waals surface area contributed by atoms with Gasteiger partial charge in [-0.05, 0) is 30.3 Å². The van der Waals surface area contributed by atoms with Crippen LogP contribution in [0.3, 0.4) is 0 Å². The second-order valence-corrected chi connectivity index (χ2v) is 9.38. The van der Waals surface area contributed by atoms with Gasteiger partial charge in [-0.1, -0.05) is 22.0 Å². The summed E-state index contributed by atoms with van der Waals surface area (Å²) in [5.74, 6) is -0.133. The predicted molar refractivity (Wildman–Crippen MR) is 94.8 cm³/mol. The van der Waals surface area contributed by atoms with E-state index in [1.54, 1.807) is 24.3 Å². The monoisotopic (exact) mass is 435 g/mol. The lowest BCUT2D eigenvalue weighted by atomic mass is 10.3. The quantitative estimate of drug-likeness (QED) is 0.288. The van der Waals surface area contributed by atoms with Crippen molar-refractivity contribution in [3.8, 4) is 0 Å². The zero-order chi connectivity index (χ0) is 17.0. The van der Waals surface area contributed by atoms with Crippen LogP contribution < -0.4 is 0 Å². The molecule has 122 valence electrons. The van der Waals surface area contributed by atoms with Crippen molar-refractivity contribution in [3.63, 3.8) is 0 Å². The number of hydrogen-bond acceptors (Lipinski definition) is 5. The van der Waals surface area contributed by atoms with Gasteiger partial charge in [0.25, 0.3) is 5.69 Å². The van der Waals surface area contributed by atoms with E-state index in [1.165, 1.54) is 18.2 Å². The fourth-order valence-electron chi connectivity index (χ4n) is 1.77. The Bertz CT molecular complexity index is 812. The molecule has 0 radical (unpaired) electrons. The maximum absolute atomic E-state index is 12.7. The highest BCUT2D eigenvalue weighted by Crippen LogP contribution is 2.33. The van der Waals surface area contributed by atoms with Crippen LogP contribution in [0.15, 0.2) is 62.8 Å². The summed E-state index contributed by atoms with van der Waals surface area (Å²) in [4.78, 5) is 10.8. The van der Waals surface area contributed by atoms with Crippen LogP contribution in [-0.2, 0) is 9.84 Å². The molecule has 0 aliphatic carbocycles. The van der Waals surface area contributed by atoms with Crippen LogP contribution in [0.25, 0.3) is 0 Å². The molecule has 0 saturated heterocycles. The van der Waals surface area contributed by atoms with Crippen molar-refractivity contribution >= 4 is 54.8 Å². The van der Waals surface area contributed by atoms with E-state index in [-0.39, 0.29) is 16.5 Å². The number of halogens is 2. The molecule has 1 unspecified atom stereocenters. The average Bonchev–Trinajstić information content (AvgIpc) is 2.54. The molecule has 0 fully saturated rings. The number of nitro benzene ring substituents is 1. The highest BCUT2D eigenvalue weighted by molar-refractivity contribution is 9.10. The van der Waals surface area contributed by atoms with E-state index >= 15 is 0 Å². The fraction of sp³-hybridized carbons (Fsp3) is 0.143. The third-order valence-electron chi connectivity index (χ3n) is 2.91. The van der Waals surface area contributed by atoms with Gasteiger partial charge >= 0.3 is 0 Å². The number of alkyl halides is 1. The zero-order valence-electron chi connectivity index (χ0n) is 11.6. The molecule has 9 heteroatoms. The Morgan fingerprint density at radius 1 is 1.22 bits per heavy atom. The summed E-state index contributed by atoms with van der Waals surface area (Å²) in [6.07, 6.45) is 0. The van der Waals surface area contributed by atoms with Crippen molar-refractivity contribution in [2.75, 3.05) is 5.88 Å². The Balaban J connectivity index is 2.33. The number of nitro groups is 1. The molecule has 23 heavy (non-hydrogen) atoms. The van der Waals surface area contributed by atoms with E-state index in [9.17, 15) is 18.5 Å². The molecule has 0 heterocycles. The van der Waals surface area contributed by atoms with E-state index in [0.717, 1.165) is 27.2 Å². The molecule has 0 bridgehead atoms. The van der Waals surface area contributed by atoms with Crippen LogP contribution >= 0.6 is 39.3 Å². The minimum Gasteiger partial charge on any atom is -0.258 e. The number of benzene rings is 2. The Morgan fingerprint density at radius 2 is 1.87 bits per heavy atom. The number of sulfone groups is 1. The smallest absolute Gasteiger partial charge is 0.258 e. The van der Waals surface area contributed by atoms with Gasteiger partial charge in [-0.2, -0.15) is 0 Å². The lowest BCUT2D eigenvalue weighted by Gasteiger charge is -2.14. The van der Waals surface area contributed by atoms with Crippen molar-refractivity contribution in [3.05, 3.63) is 63.1 Å². The van der Waals surface area contributed by atoms with Gasteiger partial charge in [0.15, 0.2) is 9.84 Å². The van der Waals surface area contributed by atoms with Crippen molar-refractivity contribution in [2.45, 2.75) is 14.4 Å². The lowest BCUT2D eigenvalue weighted by Crippen LogP contribution is -2.19. The summed E-state index contributed by atoms with van der Waals surface area (Å²) in [7, 11) is -3.80. The first-order valence-electron chi connectivity index (χ1n) is 6.31. The lowest BCUT2D eigenvalue weighted by molar-refractivity contribution is -0.385. The molecule has 0 aliphatic rings. The Morgan fingerprint density at radius 3 is 2.43 bits per heavy atom. The molecule has 2 rings (SSSR count). The molecule has 0 saturated carbocycles. The van der Waals surface area contributed by atoms with Crippen LogP contribution in [-0.4, -0.2) is 23.8 Å². The Labute approximate surface area is 151 Å². The van der Waals surface area contributed by atoms with Crippen molar-refractivity contribution < 1.29 is 13.3 Å². The molecule has 0 aromatic heterocycles. The SMILES string of the molecule is O=[N+]([O-])c1cccc(S(=O)(=O)C(CCl)Sc2ccc(Br)cc2)c1. The first-order valence-corrected chi connectivity index (χ1v) is 10.1. The molecular weight excluding hydrogens is 426 g/mol. The van der Waals surface area contributed by atoms with Gasteiger partial charge in [0.1, 0.15) is 4.58 Å². The molecular formula is C14H11BrClNO4S2. The van der Waals surface area contributed by atoms with Crippen molar-refractivity contribution in [1.82, 2.24) is 0 Å². The Hall–Kier alpha value is -1.09. The van der Waals surface area contributed by atoms with Gasteiger partial charge in [0.2, 0.25) is 0 Å². The van der Waals surface area contributed by atoms with E-state index < -0.39 is 19.3 Å². The third kappa shape index (κ3) is 4.47. The van der Waals surface area contributed by atoms with Gasteiger partial charge in [0.05, 0.1) is 9.82 Å². The van der Waals surface area contributed by atoms with Crippen LogP contribution in [0.5, 0.6) is 0 Å². The van der Waals surface area contributed by atoms with E-state index in [1.807, 2.05) is 0 Å². The van der Waals surface area contributed by atoms with Gasteiger partial charge < -0.3 is 0 Å². The molecule has 0 N–H and O–H groups in total. The molecule has 0 aliphatic heterocycles. The van der Waals surface area contributed by atoms with Crippen molar-refractivity contribution in [2.24, 2.45) is 0 Å². The zero-order valence-corrected chi connectivity index (χ0v) is 15.5. The number of non-ortho nitro benzene ring substituents is 1. The third-order valence-corrected chi connectivity index (χ3v) is 7.91. The van der Waals surface area contributed by atoms with E-state index in [0.29, 0.717) is 0 Å². The van der Waals surface area contributed by atoms with Gasteiger partial charge in [-0.15, -0.1) is 23.4 Å². The van der Waals surface area contributed by atoms with Gasteiger partial charge in [-0.25, -0.2) is 8.42 Å². The minimum absolute atomic E-state index is 0.109. The number of nitrogens with zero attached hydrogens (tertiary/aromatic N) is 1. The normalized spacial score (nSPS) is 12.8. The number of hydrogen-bond donors (Lipinski definition) is 0. The molecule has 5 nitrogen and oxygen atoms in total. The summed E-state index contributed by atoms with van der Waals surface area (Å²) in [6, 6.07) is 12.1. The molecule has 1 atom stereocenters. The first kappa shape index (κ1) is 18.3. The highest BCUT2D eigenvalue weighted by Gasteiger charge is 2.29. The number of rotatable bonds is 6. The standard InChI is InChI=1S/C14H11BrClNO4S2/c15-10-4-6-12(7-5-10)22-14(9-16)23(20,21)13-3-1-2-11(8-13)17(18)19/h1-8,14H,9H2. The number of thioether (sulfide) groups is 1. The van der Waals surface area contributed by atoms with Crippen LogP contribution in [0, 0.1) is 10.1 Å². The summed E-state index contributed by atoms with van der Waals surface area (Å²) in [5.41, 5.74) is -0.270. The second kappa shape index (κ2) is 7.65. The maximum atomic E-state index is 12.7. The van der Waals surface area contributed by atoms with E-state index in [4.69, 9.17) is 11.6 Å². The van der Waals surface area contributed by atoms with E-state index in [2.05, 4.69) is 15.9 Å². The molecule has 2 aromatic rings. The summed E-state index contributed by atoms with van der Waals surface area (Å²) >= 11 is 10.3. The maximum Gasteiger partial charge on any atom is 0.270 e. The largest absolute Gasteiger partial charge is 0.270 e. The second-order valence-electron chi connectivity index (χ2n) is 4.46. The fourth-order valence-corrected chi connectivity index (χ4v) is 5.58. The van der Waals surface area contributed by atoms with Crippen LogP contribution in [0.2, 0.25) is 0 Å². The molecule has 2 aromatic carbocycles. The summed E-state index contributed by atoms with van der Waals surface area (Å²) < 4.78 is 25.3. The van der Waals surface area contributed by atoms with Gasteiger partial charge in [-0.3, -0.25) is 10.1 Å². The average molecular weight is 437 g/mol. The summed E-state index contributed by atoms with van der Waals surface area (Å²) in [5, 5.41) is 10.8. The highest BCUT2D eigenvalue weighted by atomic mass is 79.9. The minimum atomic E-state index is -3.80. The summed E-state index contributed by atoms with van der Waals surface area (Å²) in [6.45, 7) is 0. The first-order chi connectivity index (χ1) is 10.8. The van der Waals surface area contributed by atoms with Crippen LogP contribution in [0.1, 0.15) is 0 Å². The van der Waals surface area contributed by atoms with Crippen molar-refractivity contribution in [1.29, 1.82) is 0 Å².